The number of piperidine rings is 1. The first-order valence-electron chi connectivity index (χ1n) is 10.0. The van der Waals surface area contributed by atoms with Gasteiger partial charge in [0, 0.05) is 45.1 Å². The van der Waals surface area contributed by atoms with E-state index in [1.807, 2.05) is 11.8 Å². The van der Waals surface area contributed by atoms with Crippen molar-refractivity contribution in [3.8, 4) is 0 Å². The monoisotopic (exact) mass is 386 g/mol. The van der Waals surface area contributed by atoms with E-state index in [1.54, 1.807) is 0 Å². The van der Waals surface area contributed by atoms with Crippen molar-refractivity contribution in [2.45, 2.75) is 39.0 Å². The zero-order valence-electron chi connectivity index (χ0n) is 16.2. The molecule has 0 bridgehead atoms. The topological polar surface area (TPSA) is 104 Å². The highest BCUT2D eigenvalue weighted by Crippen LogP contribution is 2.29. The second-order valence-corrected chi connectivity index (χ2v) is 7.54. The number of nitrogens with zero attached hydrogens (tertiary/aromatic N) is 5. The standard InChI is InChI=1S/C19H26N6O3/c1-13-16-17(21-12-22-19(16)28-23-13)25-10-5-14(6-11-25)18(27)20-7-3-9-24-8-2-4-15(24)26/h12,14H,2-11H2,1H3,(H,20,27). The summed E-state index contributed by atoms with van der Waals surface area (Å²) in [5.74, 6) is 1.20. The van der Waals surface area contributed by atoms with Crippen molar-refractivity contribution >= 4 is 28.7 Å². The minimum absolute atomic E-state index is 0.0190. The van der Waals surface area contributed by atoms with Gasteiger partial charge in [-0.2, -0.15) is 4.98 Å². The van der Waals surface area contributed by atoms with Gasteiger partial charge in [-0.05, 0) is 32.6 Å². The number of fused-ring (bicyclic) bond motifs is 1. The van der Waals surface area contributed by atoms with Crippen LogP contribution in [0.5, 0.6) is 0 Å². The number of hydrogen-bond donors (Lipinski definition) is 1. The fourth-order valence-corrected chi connectivity index (χ4v) is 4.06. The van der Waals surface area contributed by atoms with Crippen molar-refractivity contribution in [2.75, 3.05) is 37.6 Å². The molecule has 4 rings (SSSR count). The Hall–Kier alpha value is -2.71. The molecule has 0 aromatic carbocycles. The van der Waals surface area contributed by atoms with E-state index in [0.717, 1.165) is 68.8 Å². The molecule has 2 aliphatic heterocycles. The lowest BCUT2D eigenvalue weighted by Gasteiger charge is -2.32. The first-order valence-corrected chi connectivity index (χ1v) is 10.0. The van der Waals surface area contributed by atoms with Crippen LogP contribution in [0.4, 0.5) is 5.82 Å². The summed E-state index contributed by atoms with van der Waals surface area (Å²) in [5, 5.41) is 7.86. The van der Waals surface area contributed by atoms with Crippen LogP contribution in [-0.4, -0.2) is 64.6 Å². The minimum atomic E-state index is 0.0190. The molecule has 9 nitrogen and oxygen atoms in total. The normalized spacial score (nSPS) is 18.2. The highest BCUT2D eigenvalue weighted by molar-refractivity contribution is 5.88. The fourth-order valence-electron chi connectivity index (χ4n) is 4.06. The quantitative estimate of drug-likeness (QED) is 0.746. The molecule has 4 heterocycles. The number of likely N-dealkylation sites (tertiary alicyclic amines) is 1. The molecular weight excluding hydrogens is 360 g/mol. The summed E-state index contributed by atoms with van der Waals surface area (Å²) in [7, 11) is 0. The first kappa shape index (κ1) is 18.6. The van der Waals surface area contributed by atoms with Crippen LogP contribution < -0.4 is 10.2 Å². The van der Waals surface area contributed by atoms with Gasteiger partial charge in [0.25, 0.3) is 5.71 Å². The van der Waals surface area contributed by atoms with Gasteiger partial charge in [-0.25, -0.2) is 4.98 Å². The molecule has 0 spiro atoms. The predicted octanol–water partition coefficient (Wildman–Crippen LogP) is 1.27. The van der Waals surface area contributed by atoms with Crippen LogP contribution in [0.2, 0.25) is 0 Å². The molecule has 2 aliphatic rings. The molecule has 0 radical (unpaired) electrons. The van der Waals surface area contributed by atoms with Crippen molar-refractivity contribution in [3.05, 3.63) is 12.0 Å². The van der Waals surface area contributed by atoms with Crippen molar-refractivity contribution in [2.24, 2.45) is 5.92 Å². The molecule has 2 aromatic rings. The van der Waals surface area contributed by atoms with Crippen LogP contribution >= 0.6 is 0 Å². The van der Waals surface area contributed by atoms with Gasteiger partial charge in [0.1, 0.15) is 17.5 Å². The van der Waals surface area contributed by atoms with Crippen LogP contribution in [0.25, 0.3) is 11.1 Å². The molecule has 150 valence electrons. The summed E-state index contributed by atoms with van der Waals surface area (Å²) in [5.41, 5.74) is 1.28. The molecule has 2 amide bonds. The third-order valence-corrected chi connectivity index (χ3v) is 5.66. The van der Waals surface area contributed by atoms with Crippen LogP contribution in [0.3, 0.4) is 0 Å². The Labute approximate surface area is 163 Å². The van der Waals surface area contributed by atoms with Crippen LogP contribution in [0.1, 0.15) is 37.8 Å². The zero-order valence-corrected chi connectivity index (χ0v) is 16.2. The third-order valence-electron chi connectivity index (χ3n) is 5.66. The van der Waals surface area contributed by atoms with E-state index >= 15 is 0 Å². The van der Waals surface area contributed by atoms with Crippen molar-refractivity contribution in [3.63, 3.8) is 0 Å². The molecule has 0 atom stereocenters. The fraction of sp³-hybridized carbons (Fsp3) is 0.632. The molecule has 0 aliphatic carbocycles. The number of hydrogen-bond acceptors (Lipinski definition) is 7. The van der Waals surface area contributed by atoms with E-state index in [9.17, 15) is 9.59 Å². The van der Waals surface area contributed by atoms with Gasteiger partial charge >= 0.3 is 0 Å². The Bertz CT molecular complexity index is 858. The summed E-state index contributed by atoms with van der Waals surface area (Å²) in [6.45, 7) is 5.62. The van der Waals surface area contributed by atoms with Crippen molar-refractivity contribution in [1.29, 1.82) is 0 Å². The van der Waals surface area contributed by atoms with E-state index in [1.165, 1.54) is 6.33 Å². The highest BCUT2D eigenvalue weighted by atomic mass is 16.5. The number of carbonyl (C=O) groups is 2. The number of aryl methyl sites for hydroxylation is 1. The number of aromatic nitrogens is 3. The number of amides is 2. The first-order chi connectivity index (χ1) is 13.6. The van der Waals surface area contributed by atoms with Crippen LogP contribution in [0.15, 0.2) is 10.9 Å². The predicted molar refractivity (Wildman–Crippen MR) is 103 cm³/mol. The molecule has 0 saturated carbocycles. The summed E-state index contributed by atoms with van der Waals surface area (Å²) in [6.07, 6.45) is 5.49. The maximum Gasteiger partial charge on any atom is 0.263 e. The largest absolute Gasteiger partial charge is 0.356 e. The summed E-state index contributed by atoms with van der Waals surface area (Å²) in [6, 6.07) is 0. The summed E-state index contributed by atoms with van der Waals surface area (Å²) < 4.78 is 5.22. The van der Waals surface area contributed by atoms with Crippen LogP contribution in [-0.2, 0) is 9.59 Å². The van der Waals surface area contributed by atoms with E-state index in [4.69, 9.17) is 4.52 Å². The van der Waals surface area contributed by atoms with E-state index in [2.05, 4.69) is 25.3 Å². The second-order valence-electron chi connectivity index (χ2n) is 7.54. The van der Waals surface area contributed by atoms with Gasteiger partial charge in [-0.1, -0.05) is 5.16 Å². The Kier molecular flexibility index (Phi) is 5.40. The molecule has 2 fully saturated rings. The van der Waals surface area contributed by atoms with Gasteiger partial charge in [-0.3, -0.25) is 9.59 Å². The lowest BCUT2D eigenvalue weighted by Crippen LogP contribution is -2.41. The van der Waals surface area contributed by atoms with E-state index in [-0.39, 0.29) is 17.7 Å². The molecule has 0 unspecified atom stereocenters. The van der Waals surface area contributed by atoms with Crippen molar-refractivity contribution < 1.29 is 14.1 Å². The Morgan fingerprint density at radius 1 is 1.29 bits per heavy atom. The van der Waals surface area contributed by atoms with E-state index in [0.29, 0.717) is 18.7 Å². The maximum atomic E-state index is 12.5. The van der Waals surface area contributed by atoms with Gasteiger partial charge in [0.2, 0.25) is 11.8 Å². The van der Waals surface area contributed by atoms with Gasteiger partial charge < -0.3 is 19.6 Å². The number of rotatable bonds is 6. The second kappa shape index (κ2) is 8.12. The summed E-state index contributed by atoms with van der Waals surface area (Å²) in [4.78, 5) is 36.7. The van der Waals surface area contributed by atoms with E-state index < -0.39 is 0 Å². The molecule has 1 N–H and O–H groups in total. The minimum Gasteiger partial charge on any atom is -0.356 e. The molecule has 9 heteroatoms. The Morgan fingerprint density at radius 2 is 2.11 bits per heavy atom. The van der Waals surface area contributed by atoms with Crippen LogP contribution in [0, 0.1) is 12.8 Å². The number of carbonyl (C=O) groups excluding carboxylic acids is 2. The van der Waals surface area contributed by atoms with Gasteiger partial charge in [-0.15, -0.1) is 0 Å². The van der Waals surface area contributed by atoms with Crippen molar-refractivity contribution in [1.82, 2.24) is 25.3 Å². The third kappa shape index (κ3) is 3.79. The Morgan fingerprint density at radius 3 is 2.86 bits per heavy atom. The highest BCUT2D eigenvalue weighted by Gasteiger charge is 2.27. The average molecular weight is 386 g/mol. The molecule has 2 aromatic heterocycles. The smallest absolute Gasteiger partial charge is 0.263 e. The maximum absolute atomic E-state index is 12.5. The molecular formula is C19H26N6O3. The lowest BCUT2D eigenvalue weighted by molar-refractivity contribution is -0.127. The van der Waals surface area contributed by atoms with Gasteiger partial charge in [0.15, 0.2) is 0 Å². The SMILES string of the molecule is Cc1noc2ncnc(N3CCC(C(=O)NCCCN4CCCC4=O)CC3)c12. The van der Waals surface area contributed by atoms with Gasteiger partial charge in [0.05, 0.1) is 5.69 Å². The number of anilines is 1. The molecule has 28 heavy (non-hydrogen) atoms. The average Bonchev–Trinajstić information content (AvgIpc) is 3.31. The lowest BCUT2D eigenvalue weighted by atomic mass is 9.95. The molecule has 2 saturated heterocycles. The zero-order chi connectivity index (χ0) is 19.5. The summed E-state index contributed by atoms with van der Waals surface area (Å²) >= 11 is 0. The number of nitrogens with one attached hydrogen (secondary N) is 1. The Balaban J connectivity index is 1.25.